The third kappa shape index (κ3) is 3.14. The maximum absolute atomic E-state index is 12.1. The second kappa shape index (κ2) is 5.72. The van der Waals surface area contributed by atoms with Gasteiger partial charge in [-0.25, -0.2) is 0 Å². The summed E-state index contributed by atoms with van der Waals surface area (Å²) in [5.41, 5.74) is 1.98. The van der Waals surface area contributed by atoms with Crippen LogP contribution in [0.5, 0.6) is 0 Å². The zero-order chi connectivity index (χ0) is 15.7. The van der Waals surface area contributed by atoms with Gasteiger partial charge in [0.05, 0.1) is 24.5 Å². The number of aliphatic hydroxyl groups is 1. The van der Waals surface area contributed by atoms with Crippen LogP contribution in [0, 0.1) is 0 Å². The number of hydrogen-bond acceptors (Lipinski definition) is 3. The highest BCUT2D eigenvalue weighted by molar-refractivity contribution is 5.99. The largest absolute Gasteiger partial charge is 0.389 e. The van der Waals surface area contributed by atoms with E-state index in [1.807, 2.05) is 25.1 Å². The summed E-state index contributed by atoms with van der Waals surface area (Å²) in [7, 11) is 0. The van der Waals surface area contributed by atoms with Crippen molar-refractivity contribution in [2.24, 2.45) is 0 Å². The first kappa shape index (κ1) is 15.0. The Labute approximate surface area is 130 Å². The molecule has 22 heavy (non-hydrogen) atoms. The van der Waals surface area contributed by atoms with Crippen molar-refractivity contribution in [2.75, 3.05) is 5.32 Å². The van der Waals surface area contributed by atoms with Gasteiger partial charge in [0.15, 0.2) is 0 Å². The quantitative estimate of drug-likeness (QED) is 0.796. The molecule has 1 aliphatic carbocycles. The number of nitrogens with one attached hydrogen (secondary N) is 2. The molecule has 1 saturated carbocycles. The van der Waals surface area contributed by atoms with Crippen LogP contribution in [-0.4, -0.2) is 22.5 Å². The van der Waals surface area contributed by atoms with Crippen molar-refractivity contribution < 1.29 is 14.7 Å². The number of anilines is 1. The van der Waals surface area contributed by atoms with Gasteiger partial charge >= 0.3 is 0 Å². The first-order valence-corrected chi connectivity index (χ1v) is 7.90. The Morgan fingerprint density at radius 1 is 1.41 bits per heavy atom. The van der Waals surface area contributed by atoms with E-state index >= 15 is 0 Å². The van der Waals surface area contributed by atoms with Crippen molar-refractivity contribution in [1.29, 1.82) is 0 Å². The van der Waals surface area contributed by atoms with Crippen LogP contribution in [0.1, 0.15) is 56.2 Å². The van der Waals surface area contributed by atoms with E-state index < -0.39 is 5.60 Å². The number of carbonyl (C=O) groups is 2. The van der Waals surface area contributed by atoms with Crippen molar-refractivity contribution in [3.63, 3.8) is 0 Å². The Balaban J connectivity index is 1.62. The van der Waals surface area contributed by atoms with Crippen LogP contribution in [0.2, 0.25) is 0 Å². The standard InChI is InChI=1S/C17H22N2O3/c1-11(18-16(21)10-17(22)6-2-3-7-17)12-4-5-14-13(8-12)9-15(20)19-14/h4-5,8,11,22H,2-3,6-7,9-10H2,1H3,(H,18,21)(H,19,20). The molecule has 118 valence electrons. The summed E-state index contributed by atoms with van der Waals surface area (Å²) in [6.07, 6.45) is 3.96. The first-order chi connectivity index (χ1) is 10.5. The van der Waals surface area contributed by atoms with Gasteiger partial charge in [-0.1, -0.05) is 25.0 Å². The number of carbonyl (C=O) groups excluding carboxylic acids is 2. The third-order valence-corrected chi connectivity index (χ3v) is 4.66. The Kier molecular flexibility index (Phi) is 3.91. The van der Waals surface area contributed by atoms with Crippen LogP contribution in [0.3, 0.4) is 0 Å². The number of rotatable bonds is 4. The van der Waals surface area contributed by atoms with Gasteiger partial charge < -0.3 is 15.7 Å². The summed E-state index contributed by atoms with van der Waals surface area (Å²) >= 11 is 0. The molecule has 1 heterocycles. The van der Waals surface area contributed by atoms with Crippen LogP contribution >= 0.6 is 0 Å². The lowest BCUT2D eigenvalue weighted by Gasteiger charge is -2.23. The minimum Gasteiger partial charge on any atom is -0.389 e. The average molecular weight is 302 g/mol. The van der Waals surface area contributed by atoms with E-state index in [0.717, 1.165) is 29.7 Å². The summed E-state index contributed by atoms with van der Waals surface area (Å²) in [5.74, 6) is -0.112. The van der Waals surface area contributed by atoms with Gasteiger partial charge in [-0.2, -0.15) is 0 Å². The van der Waals surface area contributed by atoms with Gasteiger partial charge in [-0.15, -0.1) is 0 Å². The van der Waals surface area contributed by atoms with Crippen molar-refractivity contribution in [2.45, 2.75) is 57.1 Å². The van der Waals surface area contributed by atoms with Gasteiger partial charge in [0.2, 0.25) is 11.8 Å². The van der Waals surface area contributed by atoms with E-state index in [-0.39, 0.29) is 24.3 Å². The molecule has 1 fully saturated rings. The predicted octanol–water partition coefficient (Wildman–Crippen LogP) is 2.05. The summed E-state index contributed by atoms with van der Waals surface area (Å²) in [6.45, 7) is 1.92. The molecule has 5 heteroatoms. The molecule has 0 aromatic heterocycles. The smallest absolute Gasteiger partial charge is 0.228 e. The fourth-order valence-electron chi connectivity index (χ4n) is 3.40. The second-order valence-corrected chi connectivity index (χ2v) is 6.54. The molecule has 1 aromatic rings. The van der Waals surface area contributed by atoms with E-state index in [1.165, 1.54) is 0 Å². The molecule has 0 bridgehead atoms. The minimum atomic E-state index is -0.821. The summed E-state index contributed by atoms with van der Waals surface area (Å²) < 4.78 is 0. The van der Waals surface area contributed by atoms with Crippen molar-refractivity contribution in [1.82, 2.24) is 5.32 Å². The third-order valence-electron chi connectivity index (χ3n) is 4.66. The molecule has 0 radical (unpaired) electrons. The molecule has 1 aromatic carbocycles. The normalized spacial score (nSPS) is 20.4. The van der Waals surface area contributed by atoms with E-state index in [0.29, 0.717) is 19.3 Å². The topological polar surface area (TPSA) is 78.4 Å². The van der Waals surface area contributed by atoms with Gasteiger partial charge in [-0.3, -0.25) is 9.59 Å². The van der Waals surface area contributed by atoms with Crippen molar-refractivity contribution in [3.05, 3.63) is 29.3 Å². The monoisotopic (exact) mass is 302 g/mol. The van der Waals surface area contributed by atoms with Crippen LogP contribution < -0.4 is 10.6 Å². The number of amides is 2. The molecule has 5 nitrogen and oxygen atoms in total. The highest BCUT2D eigenvalue weighted by Crippen LogP contribution is 2.32. The molecular formula is C17H22N2O3. The number of hydrogen-bond donors (Lipinski definition) is 3. The molecule has 1 atom stereocenters. The van der Waals surface area contributed by atoms with Crippen LogP contribution in [-0.2, 0) is 16.0 Å². The summed E-state index contributed by atoms with van der Waals surface area (Å²) in [6, 6.07) is 5.61. The Bertz CT molecular complexity index is 606. The van der Waals surface area contributed by atoms with Crippen molar-refractivity contribution in [3.8, 4) is 0 Å². The lowest BCUT2D eigenvalue weighted by Crippen LogP contribution is -2.35. The van der Waals surface area contributed by atoms with Crippen LogP contribution in [0.15, 0.2) is 18.2 Å². The lowest BCUT2D eigenvalue weighted by molar-refractivity contribution is -0.126. The van der Waals surface area contributed by atoms with Gasteiger partial charge in [0, 0.05) is 5.69 Å². The van der Waals surface area contributed by atoms with Crippen LogP contribution in [0.25, 0.3) is 0 Å². The van der Waals surface area contributed by atoms with Crippen molar-refractivity contribution >= 4 is 17.5 Å². The fourth-order valence-corrected chi connectivity index (χ4v) is 3.40. The highest BCUT2D eigenvalue weighted by Gasteiger charge is 2.33. The molecule has 3 rings (SSSR count). The summed E-state index contributed by atoms with van der Waals surface area (Å²) in [4.78, 5) is 23.5. The maximum Gasteiger partial charge on any atom is 0.228 e. The van der Waals surface area contributed by atoms with Gasteiger partial charge in [-0.05, 0) is 37.0 Å². The first-order valence-electron chi connectivity index (χ1n) is 7.90. The maximum atomic E-state index is 12.1. The SMILES string of the molecule is CC(NC(=O)CC1(O)CCCC1)c1ccc2c(c1)CC(=O)N2. The zero-order valence-corrected chi connectivity index (χ0v) is 12.8. The molecule has 1 unspecified atom stereocenters. The Morgan fingerprint density at radius 2 is 2.14 bits per heavy atom. The molecule has 2 amide bonds. The second-order valence-electron chi connectivity index (χ2n) is 6.54. The number of benzene rings is 1. The highest BCUT2D eigenvalue weighted by atomic mass is 16.3. The molecule has 3 N–H and O–H groups in total. The fraction of sp³-hybridized carbons (Fsp3) is 0.529. The molecule has 2 aliphatic rings. The van der Waals surface area contributed by atoms with E-state index in [9.17, 15) is 14.7 Å². The lowest BCUT2D eigenvalue weighted by atomic mass is 9.97. The van der Waals surface area contributed by atoms with Gasteiger partial charge in [0.25, 0.3) is 0 Å². The van der Waals surface area contributed by atoms with Gasteiger partial charge in [0.1, 0.15) is 0 Å². The molecule has 1 aliphatic heterocycles. The van der Waals surface area contributed by atoms with E-state index in [4.69, 9.17) is 0 Å². The van der Waals surface area contributed by atoms with E-state index in [2.05, 4.69) is 10.6 Å². The molecule has 0 saturated heterocycles. The average Bonchev–Trinajstić information content (AvgIpc) is 3.02. The Hall–Kier alpha value is -1.88. The molecule has 0 spiro atoms. The molecular weight excluding hydrogens is 280 g/mol. The minimum absolute atomic E-state index is 0.00675. The zero-order valence-electron chi connectivity index (χ0n) is 12.8. The summed E-state index contributed by atoms with van der Waals surface area (Å²) in [5, 5.41) is 16.0. The predicted molar refractivity (Wildman–Crippen MR) is 83.4 cm³/mol. The van der Waals surface area contributed by atoms with E-state index in [1.54, 1.807) is 0 Å². The van der Waals surface area contributed by atoms with Crippen LogP contribution in [0.4, 0.5) is 5.69 Å². The Morgan fingerprint density at radius 3 is 2.86 bits per heavy atom. The number of fused-ring (bicyclic) bond motifs is 1.